The molecule has 2 heterocycles. The summed E-state index contributed by atoms with van der Waals surface area (Å²) in [7, 11) is 0. The number of carbonyl (C=O) groups excluding carboxylic acids is 1. The van der Waals surface area contributed by atoms with Gasteiger partial charge in [-0.1, -0.05) is 12.1 Å². The molecule has 0 bridgehead atoms. The van der Waals surface area contributed by atoms with Crippen LogP contribution >= 0.6 is 12.4 Å². The van der Waals surface area contributed by atoms with E-state index in [1.807, 2.05) is 24.3 Å². The zero-order chi connectivity index (χ0) is 17.5. The van der Waals surface area contributed by atoms with E-state index < -0.39 is 0 Å². The second-order valence-corrected chi connectivity index (χ2v) is 6.02. The lowest BCUT2D eigenvalue weighted by molar-refractivity contribution is 0.0237. The fraction of sp³-hybridized carbons (Fsp3) is 0.368. The number of pyridine rings is 1. The number of hydrogen-bond donors (Lipinski definition) is 2. The number of ether oxygens (including phenoxy) is 2. The summed E-state index contributed by atoms with van der Waals surface area (Å²) in [5, 5.41) is 2.91. The van der Waals surface area contributed by atoms with Crippen molar-refractivity contribution in [2.75, 3.05) is 13.2 Å². The third kappa shape index (κ3) is 5.69. The summed E-state index contributed by atoms with van der Waals surface area (Å²) in [5.41, 5.74) is 8.13. The highest BCUT2D eigenvalue weighted by molar-refractivity contribution is 5.94. The van der Waals surface area contributed by atoms with Crippen LogP contribution in [0.1, 0.15) is 34.3 Å². The molecule has 3 N–H and O–H groups in total. The molecule has 7 heteroatoms. The summed E-state index contributed by atoms with van der Waals surface area (Å²) in [5.74, 6) is 0.471. The first-order valence-electron chi connectivity index (χ1n) is 8.51. The van der Waals surface area contributed by atoms with E-state index >= 15 is 0 Å². The first-order valence-corrected chi connectivity index (χ1v) is 8.51. The van der Waals surface area contributed by atoms with Crippen molar-refractivity contribution in [1.82, 2.24) is 10.3 Å². The molecule has 1 aromatic heterocycles. The molecule has 0 atom stereocenters. The molecule has 1 saturated heterocycles. The summed E-state index contributed by atoms with van der Waals surface area (Å²) in [6, 6.07) is 11.0. The molecule has 0 radical (unpaired) electrons. The average molecular weight is 378 g/mol. The van der Waals surface area contributed by atoms with Gasteiger partial charge in [-0.25, -0.2) is 4.98 Å². The maximum absolute atomic E-state index is 12.2. The molecule has 1 aromatic carbocycles. The van der Waals surface area contributed by atoms with Crippen molar-refractivity contribution in [2.45, 2.75) is 32.0 Å². The van der Waals surface area contributed by atoms with Crippen LogP contribution in [0.5, 0.6) is 5.88 Å². The van der Waals surface area contributed by atoms with Crippen molar-refractivity contribution in [3.63, 3.8) is 0 Å². The van der Waals surface area contributed by atoms with Crippen LogP contribution in [0, 0.1) is 0 Å². The number of nitrogens with two attached hydrogens (primary N) is 1. The highest BCUT2D eigenvalue weighted by Gasteiger charge is 2.16. The molecule has 3 rings (SSSR count). The number of nitrogens with one attached hydrogen (secondary N) is 1. The molecule has 0 saturated carbocycles. The van der Waals surface area contributed by atoms with E-state index in [9.17, 15) is 4.79 Å². The Labute approximate surface area is 159 Å². The van der Waals surface area contributed by atoms with Gasteiger partial charge in [0, 0.05) is 43.8 Å². The predicted octanol–water partition coefficient (Wildman–Crippen LogP) is 2.45. The highest BCUT2D eigenvalue weighted by Crippen LogP contribution is 2.17. The summed E-state index contributed by atoms with van der Waals surface area (Å²) < 4.78 is 11.2. The Morgan fingerprint density at radius 3 is 2.62 bits per heavy atom. The Morgan fingerprint density at radius 2 is 1.92 bits per heavy atom. The van der Waals surface area contributed by atoms with Gasteiger partial charge in [0.1, 0.15) is 6.10 Å². The minimum atomic E-state index is -0.118. The molecule has 6 nitrogen and oxygen atoms in total. The molecule has 140 valence electrons. The lowest BCUT2D eigenvalue weighted by Gasteiger charge is -2.22. The Bertz CT molecular complexity index is 703. The van der Waals surface area contributed by atoms with Gasteiger partial charge in [-0.3, -0.25) is 4.79 Å². The minimum Gasteiger partial charge on any atom is -0.474 e. The molecule has 0 aliphatic carbocycles. The van der Waals surface area contributed by atoms with Gasteiger partial charge >= 0.3 is 0 Å². The Kier molecular flexibility index (Phi) is 7.84. The lowest BCUT2D eigenvalue weighted by Crippen LogP contribution is -2.26. The van der Waals surface area contributed by atoms with Gasteiger partial charge < -0.3 is 20.5 Å². The Hall–Kier alpha value is -2.15. The second kappa shape index (κ2) is 10.1. The third-order valence-corrected chi connectivity index (χ3v) is 4.16. The fourth-order valence-corrected chi connectivity index (χ4v) is 2.67. The predicted molar refractivity (Wildman–Crippen MR) is 101 cm³/mol. The zero-order valence-corrected chi connectivity index (χ0v) is 15.3. The number of carbonyl (C=O) groups is 1. The van der Waals surface area contributed by atoms with E-state index in [0.717, 1.165) is 37.2 Å². The van der Waals surface area contributed by atoms with Crippen molar-refractivity contribution in [3.8, 4) is 5.88 Å². The molecule has 2 aromatic rings. The summed E-state index contributed by atoms with van der Waals surface area (Å²) in [6.45, 7) is 2.34. The summed E-state index contributed by atoms with van der Waals surface area (Å²) >= 11 is 0. The van der Waals surface area contributed by atoms with Gasteiger partial charge in [0.2, 0.25) is 5.88 Å². The van der Waals surface area contributed by atoms with E-state index in [0.29, 0.717) is 24.5 Å². The van der Waals surface area contributed by atoms with E-state index in [1.54, 1.807) is 18.3 Å². The molecule has 1 fully saturated rings. The van der Waals surface area contributed by atoms with E-state index in [2.05, 4.69) is 10.3 Å². The SMILES string of the molecule is Cl.NCc1ccc(C(=O)NCc2ccnc(OC3CCOCC3)c2)cc1. The van der Waals surface area contributed by atoms with Crippen LogP contribution in [0.25, 0.3) is 0 Å². The monoisotopic (exact) mass is 377 g/mol. The quantitative estimate of drug-likeness (QED) is 0.807. The van der Waals surface area contributed by atoms with E-state index in [-0.39, 0.29) is 24.4 Å². The van der Waals surface area contributed by atoms with E-state index in [4.69, 9.17) is 15.2 Å². The van der Waals surface area contributed by atoms with Crippen LogP contribution in [-0.4, -0.2) is 30.2 Å². The molecule has 1 amide bonds. The van der Waals surface area contributed by atoms with Crippen LogP contribution in [0.2, 0.25) is 0 Å². The summed E-state index contributed by atoms with van der Waals surface area (Å²) in [4.78, 5) is 16.5. The smallest absolute Gasteiger partial charge is 0.251 e. The molecule has 0 spiro atoms. The number of amides is 1. The van der Waals surface area contributed by atoms with Crippen LogP contribution in [0.15, 0.2) is 42.6 Å². The van der Waals surface area contributed by atoms with Gasteiger partial charge in [-0.05, 0) is 29.3 Å². The van der Waals surface area contributed by atoms with Crippen LogP contribution in [0.4, 0.5) is 0 Å². The topological polar surface area (TPSA) is 86.5 Å². The largest absolute Gasteiger partial charge is 0.474 e. The maximum atomic E-state index is 12.2. The maximum Gasteiger partial charge on any atom is 0.251 e. The van der Waals surface area contributed by atoms with Crippen LogP contribution in [0.3, 0.4) is 0 Å². The second-order valence-electron chi connectivity index (χ2n) is 6.02. The number of halogens is 1. The van der Waals surface area contributed by atoms with Gasteiger partial charge in [0.05, 0.1) is 13.2 Å². The Balaban J connectivity index is 0.00000243. The minimum absolute atomic E-state index is 0. The average Bonchev–Trinajstić information content (AvgIpc) is 2.67. The molecular weight excluding hydrogens is 354 g/mol. The standard InChI is InChI=1S/C19H23N3O3.ClH/c20-12-14-1-3-16(4-2-14)19(23)22-13-15-5-8-21-18(11-15)25-17-6-9-24-10-7-17;/h1-5,8,11,17H,6-7,9-10,12-13,20H2,(H,22,23);1H. The third-order valence-electron chi connectivity index (χ3n) is 4.16. The van der Waals surface area contributed by atoms with Gasteiger partial charge in [-0.15, -0.1) is 12.4 Å². The van der Waals surface area contributed by atoms with Crippen molar-refractivity contribution in [3.05, 3.63) is 59.3 Å². The number of nitrogens with zero attached hydrogens (tertiary/aromatic N) is 1. The van der Waals surface area contributed by atoms with Gasteiger partial charge in [0.25, 0.3) is 5.91 Å². The first-order chi connectivity index (χ1) is 12.2. The zero-order valence-electron chi connectivity index (χ0n) is 14.5. The molecule has 26 heavy (non-hydrogen) atoms. The van der Waals surface area contributed by atoms with Gasteiger partial charge in [0.15, 0.2) is 0 Å². The molecule has 0 unspecified atom stereocenters. The highest BCUT2D eigenvalue weighted by atomic mass is 35.5. The normalized spacial score (nSPS) is 14.3. The fourth-order valence-electron chi connectivity index (χ4n) is 2.67. The number of hydrogen-bond acceptors (Lipinski definition) is 5. The number of benzene rings is 1. The number of aromatic nitrogens is 1. The van der Waals surface area contributed by atoms with Gasteiger partial charge in [-0.2, -0.15) is 0 Å². The number of rotatable bonds is 6. The van der Waals surface area contributed by atoms with Crippen molar-refractivity contribution < 1.29 is 14.3 Å². The molecule has 1 aliphatic heterocycles. The first kappa shape index (κ1) is 20.2. The molecular formula is C19H24ClN3O3. The van der Waals surface area contributed by atoms with Crippen LogP contribution in [-0.2, 0) is 17.8 Å². The van der Waals surface area contributed by atoms with Crippen molar-refractivity contribution >= 4 is 18.3 Å². The Morgan fingerprint density at radius 1 is 1.19 bits per heavy atom. The van der Waals surface area contributed by atoms with Crippen LogP contribution < -0.4 is 15.8 Å². The lowest BCUT2D eigenvalue weighted by atomic mass is 10.1. The molecule has 1 aliphatic rings. The van der Waals surface area contributed by atoms with E-state index in [1.165, 1.54) is 0 Å². The van der Waals surface area contributed by atoms with Crippen molar-refractivity contribution in [2.24, 2.45) is 5.73 Å². The summed E-state index contributed by atoms with van der Waals surface area (Å²) in [6.07, 6.45) is 3.60. The van der Waals surface area contributed by atoms with Crippen molar-refractivity contribution in [1.29, 1.82) is 0 Å².